The number of rotatable bonds is 4. The van der Waals surface area contributed by atoms with Crippen molar-refractivity contribution in [3.63, 3.8) is 0 Å². The molecule has 0 aliphatic carbocycles. The average Bonchev–Trinajstić information content (AvgIpc) is 2.47. The van der Waals surface area contributed by atoms with Crippen LogP contribution < -0.4 is 10.2 Å². The first-order valence-electron chi connectivity index (χ1n) is 5.86. The molecule has 96 valence electrons. The van der Waals surface area contributed by atoms with Crippen molar-refractivity contribution < 1.29 is 9.53 Å². The number of carbonyl (C=O) groups is 1. The summed E-state index contributed by atoms with van der Waals surface area (Å²) in [5.41, 5.74) is 4.12. The molecule has 0 amide bonds. The molecular formula is C15H14N2O2. The van der Waals surface area contributed by atoms with Gasteiger partial charge in [-0.3, -0.25) is 0 Å². The van der Waals surface area contributed by atoms with Crippen LogP contribution in [0.2, 0.25) is 0 Å². The zero-order valence-electron chi connectivity index (χ0n) is 10.5. The fourth-order valence-corrected chi connectivity index (χ4v) is 1.50. The Balaban J connectivity index is 2.04. The highest BCUT2D eigenvalue weighted by molar-refractivity contribution is 5.91. The summed E-state index contributed by atoms with van der Waals surface area (Å²) < 4.78 is 5.26. The number of nitrogens with one attached hydrogen (secondary N) is 1. The summed E-state index contributed by atoms with van der Waals surface area (Å²) in [7, 11) is 1.73. The Morgan fingerprint density at radius 3 is 2.42 bits per heavy atom. The molecule has 0 aliphatic heterocycles. The standard InChI is InChI=1S/C15H14N2O2/c1-16-17-11-12-7-9-14(10-8-12)19-15(18)13-5-3-2-4-6-13/h2-11,16H,1H3/b17-11+. The monoisotopic (exact) mass is 254 g/mol. The van der Waals surface area contributed by atoms with Crippen LogP contribution in [0.5, 0.6) is 5.75 Å². The predicted octanol–water partition coefficient (Wildman–Crippen LogP) is 2.46. The van der Waals surface area contributed by atoms with Crippen LogP contribution in [0.1, 0.15) is 15.9 Å². The van der Waals surface area contributed by atoms with Crippen LogP contribution in [-0.4, -0.2) is 19.2 Å². The third kappa shape index (κ3) is 3.67. The third-order valence-corrected chi connectivity index (χ3v) is 2.44. The van der Waals surface area contributed by atoms with Gasteiger partial charge in [0.15, 0.2) is 0 Å². The average molecular weight is 254 g/mol. The molecule has 0 saturated carbocycles. The van der Waals surface area contributed by atoms with Crippen LogP contribution >= 0.6 is 0 Å². The number of ether oxygens (including phenoxy) is 1. The summed E-state index contributed by atoms with van der Waals surface area (Å²) in [6.45, 7) is 0. The minimum absolute atomic E-state index is 0.364. The van der Waals surface area contributed by atoms with Gasteiger partial charge in [0.05, 0.1) is 11.8 Å². The highest BCUT2D eigenvalue weighted by Gasteiger charge is 2.07. The quantitative estimate of drug-likeness (QED) is 0.394. The molecule has 2 aromatic carbocycles. The number of hydrogen-bond acceptors (Lipinski definition) is 4. The molecule has 0 fully saturated rings. The number of hydrogen-bond donors (Lipinski definition) is 1. The van der Waals surface area contributed by atoms with Crippen molar-refractivity contribution in [3.8, 4) is 5.75 Å². The molecule has 2 rings (SSSR count). The van der Waals surface area contributed by atoms with E-state index in [1.165, 1.54) is 0 Å². The molecule has 0 aliphatic rings. The van der Waals surface area contributed by atoms with Crippen LogP contribution in [0.25, 0.3) is 0 Å². The number of hydrazone groups is 1. The van der Waals surface area contributed by atoms with E-state index in [2.05, 4.69) is 10.5 Å². The van der Waals surface area contributed by atoms with Crippen molar-refractivity contribution in [2.24, 2.45) is 5.10 Å². The van der Waals surface area contributed by atoms with Crippen molar-refractivity contribution in [2.45, 2.75) is 0 Å². The lowest BCUT2D eigenvalue weighted by atomic mass is 10.2. The lowest BCUT2D eigenvalue weighted by Crippen LogP contribution is -2.08. The smallest absolute Gasteiger partial charge is 0.343 e. The molecule has 0 bridgehead atoms. The van der Waals surface area contributed by atoms with Crippen LogP contribution in [-0.2, 0) is 0 Å². The van der Waals surface area contributed by atoms with Crippen LogP contribution in [0.4, 0.5) is 0 Å². The molecule has 0 spiro atoms. The molecule has 0 saturated heterocycles. The molecule has 4 heteroatoms. The number of carbonyl (C=O) groups excluding carboxylic acids is 1. The molecule has 0 aromatic heterocycles. The van der Waals surface area contributed by atoms with E-state index >= 15 is 0 Å². The van der Waals surface area contributed by atoms with Crippen LogP contribution in [0.3, 0.4) is 0 Å². The maximum Gasteiger partial charge on any atom is 0.343 e. The van der Waals surface area contributed by atoms with Crippen molar-refractivity contribution in [1.29, 1.82) is 0 Å². The van der Waals surface area contributed by atoms with Gasteiger partial charge >= 0.3 is 5.97 Å². The Labute approximate surface area is 111 Å². The largest absolute Gasteiger partial charge is 0.423 e. The summed E-state index contributed by atoms with van der Waals surface area (Å²) >= 11 is 0. The van der Waals surface area contributed by atoms with E-state index in [-0.39, 0.29) is 5.97 Å². The van der Waals surface area contributed by atoms with Gasteiger partial charge in [-0.25, -0.2) is 4.79 Å². The van der Waals surface area contributed by atoms with Gasteiger partial charge in [-0.1, -0.05) is 18.2 Å². The molecule has 4 nitrogen and oxygen atoms in total. The highest BCUT2D eigenvalue weighted by atomic mass is 16.5. The Morgan fingerprint density at radius 2 is 1.79 bits per heavy atom. The fraction of sp³-hybridized carbons (Fsp3) is 0.0667. The Hall–Kier alpha value is -2.62. The maximum absolute atomic E-state index is 11.8. The summed E-state index contributed by atoms with van der Waals surface area (Å²) in [6, 6.07) is 16.0. The maximum atomic E-state index is 11.8. The first-order valence-corrected chi connectivity index (χ1v) is 5.86. The first kappa shape index (κ1) is 12.8. The van der Waals surface area contributed by atoms with E-state index in [0.717, 1.165) is 5.56 Å². The van der Waals surface area contributed by atoms with Gasteiger partial charge in [0, 0.05) is 7.05 Å². The van der Waals surface area contributed by atoms with E-state index in [1.54, 1.807) is 49.7 Å². The van der Waals surface area contributed by atoms with Crippen molar-refractivity contribution >= 4 is 12.2 Å². The van der Waals surface area contributed by atoms with E-state index in [9.17, 15) is 4.79 Å². The first-order chi connectivity index (χ1) is 9.29. The van der Waals surface area contributed by atoms with E-state index in [0.29, 0.717) is 11.3 Å². The number of esters is 1. The van der Waals surface area contributed by atoms with Gasteiger partial charge in [0.25, 0.3) is 0 Å². The molecule has 0 heterocycles. The number of nitrogens with zero attached hydrogens (tertiary/aromatic N) is 1. The molecule has 0 atom stereocenters. The Bertz CT molecular complexity index is 562. The minimum atomic E-state index is -0.364. The van der Waals surface area contributed by atoms with Crippen LogP contribution in [0, 0.1) is 0 Å². The lowest BCUT2D eigenvalue weighted by molar-refractivity contribution is 0.0735. The predicted molar refractivity (Wildman–Crippen MR) is 74.5 cm³/mol. The van der Waals surface area contributed by atoms with Gasteiger partial charge in [-0.05, 0) is 42.0 Å². The zero-order valence-corrected chi connectivity index (χ0v) is 10.5. The highest BCUT2D eigenvalue weighted by Crippen LogP contribution is 2.13. The third-order valence-electron chi connectivity index (χ3n) is 2.44. The van der Waals surface area contributed by atoms with Crippen molar-refractivity contribution in [3.05, 3.63) is 65.7 Å². The van der Waals surface area contributed by atoms with Crippen molar-refractivity contribution in [1.82, 2.24) is 5.43 Å². The van der Waals surface area contributed by atoms with Gasteiger partial charge in [0.2, 0.25) is 0 Å². The van der Waals surface area contributed by atoms with E-state index in [1.807, 2.05) is 18.2 Å². The Morgan fingerprint density at radius 1 is 1.11 bits per heavy atom. The van der Waals surface area contributed by atoms with Gasteiger partial charge in [0.1, 0.15) is 5.75 Å². The number of benzene rings is 2. The molecular weight excluding hydrogens is 240 g/mol. The summed E-state index contributed by atoms with van der Waals surface area (Å²) in [5.74, 6) is 0.146. The Kier molecular flexibility index (Phi) is 4.29. The second-order valence-electron chi connectivity index (χ2n) is 3.81. The summed E-state index contributed by atoms with van der Waals surface area (Å²) in [4.78, 5) is 11.8. The van der Waals surface area contributed by atoms with Gasteiger partial charge < -0.3 is 10.2 Å². The topological polar surface area (TPSA) is 50.7 Å². The molecule has 0 radical (unpaired) electrons. The SMILES string of the molecule is CN/N=C/c1ccc(OC(=O)c2ccccc2)cc1. The zero-order chi connectivity index (χ0) is 13.5. The summed E-state index contributed by atoms with van der Waals surface area (Å²) in [5, 5.41) is 3.90. The summed E-state index contributed by atoms with van der Waals surface area (Å²) in [6.07, 6.45) is 1.68. The molecule has 2 aromatic rings. The van der Waals surface area contributed by atoms with Crippen LogP contribution in [0.15, 0.2) is 59.7 Å². The lowest BCUT2D eigenvalue weighted by Gasteiger charge is -2.04. The van der Waals surface area contributed by atoms with E-state index in [4.69, 9.17) is 4.74 Å². The van der Waals surface area contributed by atoms with Crippen molar-refractivity contribution in [2.75, 3.05) is 7.05 Å². The normalized spacial score (nSPS) is 10.4. The van der Waals surface area contributed by atoms with Gasteiger partial charge in [-0.2, -0.15) is 5.10 Å². The van der Waals surface area contributed by atoms with E-state index < -0.39 is 0 Å². The van der Waals surface area contributed by atoms with Gasteiger partial charge in [-0.15, -0.1) is 0 Å². The fourth-order valence-electron chi connectivity index (χ4n) is 1.50. The molecule has 19 heavy (non-hydrogen) atoms. The molecule has 0 unspecified atom stereocenters. The second-order valence-corrected chi connectivity index (χ2v) is 3.81. The molecule has 1 N–H and O–H groups in total. The minimum Gasteiger partial charge on any atom is -0.423 e. The second kappa shape index (κ2) is 6.35.